The van der Waals surface area contributed by atoms with Gasteiger partial charge in [0.2, 0.25) is 0 Å². The number of hydrogen-bond acceptors (Lipinski definition) is 7. The smallest absolute Gasteiger partial charge is 0.279 e. The van der Waals surface area contributed by atoms with Crippen molar-refractivity contribution < 1.29 is 18.5 Å². The van der Waals surface area contributed by atoms with Gasteiger partial charge in [0, 0.05) is 16.8 Å². The summed E-state index contributed by atoms with van der Waals surface area (Å²) < 4.78 is 15.9. The molecule has 7 nitrogen and oxygen atoms in total. The van der Waals surface area contributed by atoms with Crippen molar-refractivity contribution in [2.75, 3.05) is 12.4 Å². The minimum atomic E-state index is -0.368. The second-order valence-electron chi connectivity index (χ2n) is 5.33. The maximum atomic E-state index is 12.1. The number of anilines is 1. The molecule has 25 heavy (non-hydrogen) atoms. The summed E-state index contributed by atoms with van der Waals surface area (Å²) in [6.07, 6.45) is 0. The first-order valence-corrected chi connectivity index (χ1v) is 8.28. The van der Waals surface area contributed by atoms with Gasteiger partial charge in [-0.2, -0.15) is 0 Å². The number of aryl methyl sites for hydroxylation is 1. The molecule has 0 atom stereocenters. The molecule has 1 amide bonds. The summed E-state index contributed by atoms with van der Waals surface area (Å²) in [5, 5.41) is 9.58. The van der Waals surface area contributed by atoms with E-state index in [9.17, 15) is 4.79 Å². The molecule has 0 radical (unpaired) electrons. The lowest BCUT2D eigenvalue weighted by atomic mass is 10.2. The predicted molar refractivity (Wildman–Crippen MR) is 93.1 cm³/mol. The molecule has 126 valence electrons. The van der Waals surface area contributed by atoms with Gasteiger partial charge in [-0.25, -0.2) is 4.98 Å². The van der Waals surface area contributed by atoms with Gasteiger partial charge in [-0.3, -0.25) is 10.1 Å². The van der Waals surface area contributed by atoms with Crippen LogP contribution in [0.2, 0.25) is 0 Å². The molecule has 3 heterocycles. The third kappa shape index (κ3) is 2.99. The summed E-state index contributed by atoms with van der Waals surface area (Å²) in [4.78, 5) is 16.5. The van der Waals surface area contributed by atoms with E-state index in [0.717, 1.165) is 16.7 Å². The van der Waals surface area contributed by atoms with Crippen LogP contribution in [0.25, 0.3) is 22.4 Å². The highest BCUT2D eigenvalue weighted by Crippen LogP contribution is 2.32. The van der Waals surface area contributed by atoms with E-state index in [1.54, 1.807) is 20.1 Å². The Labute approximate surface area is 146 Å². The maximum Gasteiger partial charge on any atom is 0.279 e. The van der Waals surface area contributed by atoms with Crippen molar-refractivity contribution in [3.05, 3.63) is 47.2 Å². The van der Waals surface area contributed by atoms with Crippen molar-refractivity contribution in [1.29, 1.82) is 0 Å². The number of ether oxygens (including phenoxy) is 1. The third-order valence-corrected chi connectivity index (χ3v) is 4.32. The average molecular weight is 355 g/mol. The van der Waals surface area contributed by atoms with Gasteiger partial charge < -0.3 is 13.7 Å². The summed E-state index contributed by atoms with van der Waals surface area (Å²) in [6.45, 7) is 1.72. The number of carbonyl (C=O) groups excluding carboxylic acids is 1. The fourth-order valence-electron chi connectivity index (χ4n) is 2.35. The van der Waals surface area contributed by atoms with Gasteiger partial charge in [-0.1, -0.05) is 5.16 Å². The van der Waals surface area contributed by atoms with E-state index in [0.29, 0.717) is 22.3 Å². The SMILES string of the molecule is COc1ccc2oc(-c3csc(NC(=O)c4cc(C)on4)n3)cc2c1. The molecule has 8 heteroatoms. The minimum absolute atomic E-state index is 0.213. The van der Waals surface area contributed by atoms with Gasteiger partial charge in [0.1, 0.15) is 22.8 Å². The number of rotatable bonds is 4. The molecular formula is C17H13N3O4S. The lowest BCUT2D eigenvalue weighted by molar-refractivity contribution is 0.101. The van der Waals surface area contributed by atoms with Gasteiger partial charge in [0.25, 0.3) is 5.91 Å². The summed E-state index contributed by atoms with van der Waals surface area (Å²) in [5.74, 6) is 1.58. The van der Waals surface area contributed by atoms with E-state index in [1.165, 1.54) is 11.3 Å². The summed E-state index contributed by atoms with van der Waals surface area (Å²) in [5.41, 5.74) is 1.60. The van der Waals surface area contributed by atoms with E-state index in [2.05, 4.69) is 15.5 Å². The number of nitrogens with zero attached hydrogens (tertiary/aromatic N) is 2. The molecule has 0 saturated carbocycles. The van der Waals surface area contributed by atoms with Crippen molar-refractivity contribution in [2.24, 2.45) is 0 Å². The van der Waals surface area contributed by atoms with Crippen molar-refractivity contribution in [1.82, 2.24) is 10.1 Å². The first-order valence-electron chi connectivity index (χ1n) is 7.40. The maximum absolute atomic E-state index is 12.1. The van der Waals surface area contributed by atoms with Crippen LogP contribution in [0.5, 0.6) is 5.75 Å². The van der Waals surface area contributed by atoms with Crippen LogP contribution < -0.4 is 10.1 Å². The molecule has 1 aromatic carbocycles. The lowest BCUT2D eigenvalue weighted by Gasteiger charge is -1.96. The van der Waals surface area contributed by atoms with Crippen molar-refractivity contribution in [3.63, 3.8) is 0 Å². The van der Waals surface area contributed by atoms with Crippen molar-refractivity contribution in [2.45, 2.75) is 6.92 Å². The number of hydrogen-bond donors (Lipinski definition) is 1. The molecule has 0 fully saturated rings. The molecule has 4 rings (SSSR count). The lowest BCUT2D eigenvalue weighted by Crippen LogP contribution is -2.11. The Morgan fingerprint density at radius 2 is 2.16 bits per heavy atom. The zero-order valence-corrected chi connectivity index (χ0v) is 14.2. The molecule has 3 aromatic heterocycles. The van der Waals surface area contributed by atoms with Gasteiger partial charge in [-0.05, 0) is 31.2 Å². The molecule has 0 spiro atoms. The second kappa shape index (κ2) is 6.06. The topological polar surface area (TPSA) is 90.4 Å². The summed E-state index contributed by atoms with van der Waals surface area (Å²) in [7, 11) is 1.62. The van der Waals surface area contributed by atoms with Gasteiger partial charge in [0.15, 0.2) is 16.6 Å². The van der Waals surface area contributed by atoms with Crippen LogP contribution in [0.15, 0.2) is 44.7 Å². The van der Waals surface area contributed by atoms with Crippen LogP contribution >= 0.6 is 11.3 Å². The van der Waals surface area contributed by atoms with Crippen LogP contribution in [0.4, 0.5) is 5.13 Å². The number of benzene rings is 1. The molecule has 0 aliphatic rings. The second-order valence-corrected chi connectivity index (χ2v) is 6.19. The van der Waals surface area contributed by atoms with Gasteiger partial charge in [0.05, 0.1) is 7.11 Å². The number of furan rings is 1. The molecular weight excluding hydrogens is 342 g/mol. The Hall–Kier alpha value is -3.13. The molecule has 0 bridgehead atoms. The average Bonchev–Trinajstić information content (AvgIpc) is 3.32. The van der Waals surface area contributed by atoms with Gasteiger partial charge >= 0.3 is 0 Å². The minimum Gasteiger partial charge on any atom is -0.497 e. The molecule has 0 unspecified atom stereocenters. The normalized spacial score (nSPS) is 11.0. The fourth-order valence-corrected chi connectivity index (χ4v) is 3.05. The number of aromatic nitrogens is 2. The fraction of sp³-hybridized carbons (Fsp3) is 0.118. The number of amides is 1. The quantitative estimate of drug-likeness (QED) is 0.592. The number of fused-ring (bicyclic) bond motifs is 1. The Balaban J connectivity index is 1.57. The molecule has 1 N–H and O–H groups in total. The molecule has 0 aliphatic heterocycles. The highest BCUT2D eigenvalue weighted by Gasteiger charge is 2.15. The zero-order chi connectivity index (χ0) is 17.4. The largest absolute Gasteiger partial charge is 0.497 e. The van der Waals surface area contributed by atoms with Crippen LogP contribution in [-0.4, -0.2) is 23.2 Å². The first kappa shape index (κ1) is 15.4. The van der Waals surface area contributed by atoms with Crippen LogP contribution in [-0.2, 0) is 0 Å². The number of carbonyl (C=O) groups is 1. The Morgan fingerprint density at radius 3 is 2.92 bits per heavy atom. The predicted octanol–water partition coefficient (Wildman–Crippen LogP) is 4.11. The number of thiazole rings is 1. The number of nitrogens with one attached hydrogen (secondary N) is 1. The summed E-state index contributed by atoms with van der Waals surface area (Å²) in [6, 6.07) is 9.03. The Kier molecular flexibility index (Phi) is 3.73. The van der Waals surface area contributed by atoms with E-state index in [1.807, 2.05) is 29.6 Å². The van der Waals surface area contributed by atoms with Gasteiger partial charge in [-0.15, -0.1) is 11.3 Å². The molecule has 0 saturated heterocycles. The van der Waals surface area contributed by atoms with E-state index < -0.39 is 0 Å². The van der Waals surface area contributed by atoms with Crippen LogP contribution in [0.1, 0.15) is 16.2 Å². The highest BCUT2D eigenvalue weighted by atomic mass is 32.1. The monoisotopic (exact) mass is 355 g/mol. The third-order valence-electron chi connectivity index (χ3n) is 3.56. The number of methoxy groups -OCH3 is 1. The van der Waals surface area contributed by atoms with E-state index in [4.69, 9.17) is 13.7 Å². The van der Waals surface area contributed by atoms with Crippen molar-refractivity contribution in [3.8, 4) is 17.2 Å². The Bertz CT molecular complexity index is 1060. The van der Waals surface area contributed by atoms with E-state index in [-0.39, 0.29) is 11.6 Å². The first-order chi connectivity index (χ1) is 12.1. The molecule has 4 aromatic rings. The van der Waals surface area contributed by atoms with Crippen molar-refractivity contribution >= 4 is 33.3 Å². The Morgan fingerprint density at radius 1 is 1.28 bits per heavy atom. The van der Waals surface area contributed by atoms with Crippen LogP contribution in [0.3, 0.4) is 0 Å². The van der Waals surface area contributed by atoms with E-state index >= 15 is 0 Å². The van der Waals surface area contributed by atoms with Crippen LogP contribution in [0, 0.1) is 6.92 Å². The summed E-state index contributed by atoms with van der Waals surface area (Å²) >= 11 is 1.31. The standard InChI is InChI=1S/C17H13N3O4S/c1-9-5-12(20-24-9)16(21)19-17-18-13(8-25-17)15-7-10-6-11(22-2)3-4-14(10)23-15/h3-8H,1-2H3,(H,18,19,21). The highest BCUT2D eigenvalue weighted by molar-refractivity contribution is 7.14. The molecule has 0 aliphatic carbocycles. The zero-order valence-electron chi connectivity index (χ0n) is 13.4.